The summed E-state index contributed by atoms with van der Waals surface area (Å²) >= 11 is 6.04. The average molecular weight is 418 g/mol. The van der Waals surface area contributed by atoms with Crippen LogP contribution in [-0.4, -0.2) is 29.3 Å². The number of aryl methyl sites for hydroxylation is 4. The first-order valence-electron chi connectivity index (χ1n) is 8.91. The van der Waals surface area contributed by atoms with Crippen molar-refractivity contribution in [2.24, 2.45) is 7.05 Å². The predicted molar refractivity (Wildman–Crippen MR) is 112 cm³/mol. The zero-order valence-electron chi connectivity index (χ0n) is 16.6. The number of nitrogens with zero attached hydrogens (tertiary/aromatic N) is 3. The molecule has 0 radical (unpaired) electrons. The van der Waals surface area contributed by atoms with E-state index >= 15 is 0 Å². The van der Waals surface area contributed by atoms with Gasteiger partial charge in [-0.25, -0.2) is 13.4 Å². The van der Waals surface area contributed by atoms with Gasteiger partial charge in [0.15, 0.2) is 0 Å². The Balaban J connectivity index is 2.18. The summed E-state index contributed by atoms with van der Waals surface area (Å²) in [6, 6.07) is 10.4. The lowest BCUT2D eigenvalue weighted by Crippen LogP contribution is -2.34. The van der Waals surface area contributed by atoms with Crippen LogP contribution in [-0.2, 0) is 17.1 Å². The van der Waals surface area contributed by atoms with Crippen LogP contribution in [0.5, 0.6) is 0 Å². The van der Waals surface area contributed by atoms with Crippen LogP contribution in [0.3, 0.4) is 0 Å². The molecule has 0 amide bonds. The van der Waals surface area contributed by atoms with E-state index in [1.54, 1.807) is 31.6 Å². The smallest absolute Gasteiger partial charge is 0.244 e. The Bertz CT molecular complexity index is 1080. The zero-order chi connectivity index (χ0) is 20.6. The fraction of sp³-hybridized carbons (Fsp3) is 0.286. The van der Waals surface area contributed by atoms with Gasteiger partial charge in [-0.2, -0.15) is 4.31 Å². The van der Waals surface area contributed by atoms with E-state index in [0.29, 0.717) is 15.7 Å². The van der Waals surface area contributed by atoms with E-state index in [2.05, 4.69) is 4.98 Å². The fourth-order valence-electron chi connectivity index (χ4n) is 3.66. The minimum absolute atomic E-state index is 0.341. The molecule has 2 aromatic carbocycles. The minimum Gasteiger partial charge on any atom is -0.336 e. The second-order valence-electron chi connectivity index (χ2n) is 7.10. The number of sulfonamides is 1. The van der Waals surface area contributed by atoms with E-state index < -0.39 is 16.1 Å². The fourth-order valence-corrected chi connectivity index (χ4v) is 5.50. The van der Waals surface area contributed by atoms with Gasteiger partial charge in [-0.05, 0) is 49.6 Å². The molecular formula is C21H24ClN3O2S. The summed E-state index contributed by atoms with van der Waals surface area (Å²) in [5.41, 5.74) is 3.31. The Hall–Kier alpha value is -2.15. The van der Waals surface area contributed by atoms with Crippen LogP contribution in [0.2, 0.25) is 5.02 Å². The van der Waals surface area contributed by atoms with Crippen LogP contribution in [0.4, 0.5) is 0 Å². The molecule has 0 saturated carbocycles. The Morgan fingerprint density at radius 2 is 1.64 bits per heavy atom. The van der Waals surface area contributed by atoms with Gasteiger partial charge >= 0.3 is 0 Å². The molecule has 7 heteroatoms. The van der Waals surface area contributed by atoms with Crippen LogP contribution in [0.1, 0.15) is 34.1 Å². The molecule has 28 heavy (non-hydrogen) atoms. The highest BCUT2D eigenvalue weighted by molar-refractivity contribution is 7.89. The first kappa shape index (κ1) is 20.6. The molecule has 0 bridgehead atoms. The van der Waals surface area contributed by atoms with E-state index in [4.69, 9.17) is 11.6 Å². The molecule has 0 saturated heterocycles. The van der Waals surface area contributed by atoms with Gasteiger partial charge in [0.05, 0.1) is 4.90 Å². The number of imidazole rings is 1. The third-order valence-corrected chi connectivity index (χ3v) is 7.28. The van der Waals surface area contributed by atoms with Crippen molar-refractivity contribution in [3.8, 4) is 0 Å². The first-order chi connectivity index (χ1) is 13.1. The number of hydrogen-bond donors (Lipinski definition) is 0. The quantitative estimate of drug-likeness (QED) is 0.617. The van der Waals surface area contributed by atoms with Crippen molar-refractivity contribution < 1.29 is 8.42 Å². The molecule has 5 nitrogen and oxygen atoms in total. The predicted octanol–water partition coefficient (Wildman–Crippen LogP) is 4.41. The number of aromatic nitrogens is 2. The molecule has 3 aromatic rings. The number of hydrogen-bond acceptors (Lipinski definition) is 3. The van der Waals surface area contributed by atoms with Crippen LogP contribution >= 0.6 is 11.6 Å². The molecule has 0 aliphatic rings. The second-order valence-corrected chi connectivity index (χ2v) is 9.47. The van der Waals surface area contributed by atoms with Gasteiger partial charge in [0.2, 0.25) is 10.0 Å². The summed E-state index contributed by atoms with van der Waals surface area (Å²) in [6.45, 7) is 5.63. The van der Waals surface area contributed by atoms with Gasteiger partial charge in [0, 0.05) is 31.5 Å². The Kier molecular flexibility index (Phi) is 5.66. The van der Waals surface area contributed by atoms with Gasteiger partial charge in [0.1, 0.15) is 11.9 Å². The molecule has 0 aliphatic heterocycles. The van der Waals surface area contributed by atoms with Crippen molar-refractivity contribution in [2.75, 3.05) is 7.05 Å². The largest absolute Gasteiger partial charge is 0.336 e. The SMILES string of the molecule is Cc1cc(C)c(S(=O)(=O)N(C)[C@H](c2ccc(Cl)cc2)c2nccn2C)c(C)c1. The Morgan fingerprint density at radius 1 is 1.07 bits per heavy atom. The van der Waals surface area contributed by atoms with Crippen LogP contribution in [0.15, 0.2) is 53.7 Å². The van der Waals surface area contributed by atoms with Crippen molar-refractivity contribution in [2.45, 2.75) is 31.7 Å². The molecule has 1 aromatic heterocycles. The number of benzene rings is 2. The van der Waals surface area contributed by atoms with Crippen LogP contribution in [0.25, 0.3) is 0 Å². The molecular weight excluding hydrogens is 394 g/mol. The van der Waals surface area contributed by atoms with E-state index in [0.717, 1.165) is 22.3 Å². The van der Waals surface area contributed by atoms with Crippen molar-refractivity contribution in [1.29, 1.82) is 0 Å². The van der Waals surface area contributed by atoms with Gasteiger partial charge in [-0.1, -0.05) is 41.4 Å². The average Bonchev–Trinajstić information content (AvgIpc) is 3.01. The zero-order valence-corrected chi connectivity index (χ0v) is 18.2. The van der Waals surface area contributed by atoms with Gasteiger partial charge in [0.25, 0.3) is 0 Å². The minimum atomic E-state index is -3.77. The topological polar surface area (TPSA) is 55.2 Å². The third-order valence-electron chi connectivity index (χ3n) is 4.89. The van der Waals surface area contributed by atoms with E-state index in [-0.39, 0.29) is 0 Å². The molecule has 3 rings (SSSR count). The van der Waals surface area contributed by atoms with Gasteiger partial charge < -0.3 is 4.57 Å². The molecule has 0 aliphatic carbocycles. The Morgan fingerprint density at radius 3 is 2.14 bits per heavy atom. The van der Waals surface area contributed by atoms with E-state index in [1.807, 2.05) is 56.7 Å². The van der Waals surface area contributed by atoms with E-state index in [1.165, 1.54) is 4.31 Å². The highest BCUT2D eigenvalue weighted by Crippen LogP contribution is 2.34. The normalized spacial score (nSPS) is 13.1. The summed E-state index contributed by atoms with van der Waals surface area (Å²) in [7, 11) is -0.316. The lowest BCUT2D eigenvalue weighted by Gasteiger charge is -2.29. The van der Waals surface area contributed by atoms with Gasteiger partial charge in [-0.3, -0.25) is 0 Å². The Labute approximate surface area is 171 Å². The molecule has 148 valence electrons. The van der Waals surface area contributed by atoms with Crippen LogP contribution < -0.4 is 0 Å². The highest BCUT2D eigenvalue weighted by atomic mass is 35.5. The summed E-state index contributed by atoms with van der Waals surface area (Å²) in [4.78, 5) is 4.77. The monoisotopic (exact) mass is 417 g/mol. The van der Waals surface area contributed by atoms with Crippen molar-refractivity contribution in [1.82, 2.24) is 13.9 Å². The first-order valence-corrected chi connectivity index (χ1v) is 10.7. The number of halogens is 1. The summed E-state index contributed by atoms with van der Waals surface area (Å²) in [6.07, 6.45) is 3.47. The standard InChI is InChI=1S/C21H24ClN3O2S/c1-14-12-15(2)20(16(3)13-14)28(26,27)25(5)19(21-23-10-11-24(21)4)17-6-8-18(22)9-7-17/h6-13,19H,1-5H3/t19-/m1/s1. The molecule has 0 fully saturated rings. The van der Waals surface area contributed by atoms with Crippen molar-refractivity contribution in [3.63, 3.8) is 0 Å². The maximum absolute atomic E-state index is 13.6. The lowest BCUT2D eigenvalue weighted by molar-refractivity contribution is 0.398. The number of rotatable bonds is 5. The lowest BCUT2D eigenvalue weighted by atomic mass is 10.1. The molecule has 0 spiro atoms. The highest BCUT2D eigenvalue weighted by Gasteiger charge is 2.34. The van der Waals surface area contributed by atoms with Crippen molar-refractivity contribution in [3.05, 3.63) is 81.9 Å². The molecule has 1 atom stereocenters. The van der Waals surface area contributed by atoms with E-state index in [9.17, 15) is 8.42 Å². The maximum atomic E-state index is 13.6. The molecule has 1 heterocycles. The summed E-state index contributed by atoms with van der Waals surface area (Å²) < 4.78 is 30.5. The third kappa shape index (κ3) is 3.72. The molecule has 0 N–H and O–H groups in total. The molecule has 0 unspecified atom stereocenters. The summed E-state index contributed by atoms with van der Waals surface area (Å²) in [5, 5.41) is 0.595. The van der Waals surface area contributed by atoms with Crippen molar-refractivity contribution >= 4 is 21.6 Å². The maximum Gasteiger partial charge on any atom is 0.244 e. The second kappa shape index (κ2) is 7.70. The summed E-state index contributed by atoms with van der Waals surface area (Å²) in [5.74, 6) is 0.635. The van der Waals surface area contributed by atoms with Gasteiger partial charge in [-0.15, -0.1) is 0 Å². The van der Waals surface area contributed by atoms with Crippen LogP contribution in [0, 0.1) is 20.8 Å².